The third-order valence-corrected chi connectivity index (χ3v) is 8.27. The second-order valence-corrected chi connectivity index (χ2v) is 13.4. The minimum Gasteiger partial charge on any atom is -0.489 e. The number of hydrogen-bond acceptors (Lipinski definition) is 7. The summed E-state index contributed by atoms with van der Waals surface area (Å²) in [7, 11) is 0. The second-order valence-electron chi connectivity index (χ2n) is 13.4. The fourth-order valence-corrected chi connectivity index (χ4v) is 5.43. The smallest absolute Gasteiger partial charge is 0.331 e. The first-order valence-corrected chi connectivity index (χ1v) is 20.2. The highest BCUT2D eigenvalue weighted by molar-refractivity contribution is 5.90. The number of ether oxygens (including phenoxy) is 6. The molecule has 7 heteroatoms. The fourth-order valence-electron chi connectivity index (χ4n) is 5.43. The van der Waals surface area contributed by atoms with Crippen LogP contribution in [0.2, 0.25) is 0 Å². The van der Waals surface area contributed by atoms with Gasteiger partial charge in [-0.25, -0.2) is 4.79 Å². The summed E-state index contributed by atoms with van der Waals surface area (Å²) < 4.78 is 38.7. The van der Waals surface area contributed by atoms with E-state index in [1.807, 2.05) is 13.8 Å². The van der Waals surface area contributed by atoms with Gasteiger partial charge in [0.05, 0.1) is 44.7 Å². The summed E-state index contributed by atoms with van der Waals surface area (Å²) in [5.41, 5.74) is 0.636. The standard InChI is InChI=1S/C42H74O7/c1-8-13-18-23-30-44-38-36(28-29-37(43)49-35(6)7)39(45-31-24-19-14-9-2)41(47-33-26-21-16-11-4)42(48-34-27-22-17-12-5)40(38)46-32-25-20-15-10-3/h28-29,35H,8-27,30-34H2,1-7H3. The number of unbranched alkanes of at least 4 members (excludes halogenated alkanes) is 15. The number of carbonyl (C=O) groups excluding carboxylic acids is 1. The molecule has 0 spiro atoms. The van der Waals surface area contributed by atoms with Crippen LogP contribution in [-0.2, 0) is 9.53 Å². The first-order valence-electron chi connectivity index (χ1n) is 20.2. The number of carbonyl (C=O) groups is 1. The van der Waals surface area contributed by atoms with Crippen LogP contribution in [-0.4, -0.2) is 45.1 Å². The highest BCUT2D eigenvalue weighted by Gasteiger charge is 2.30. The van der Waals surface area contributed by atoms with Crippen LogP contribution in [0.5, 0.6) is 28.7 Å². The van der Waals surface area contributed by atoms with E-state index in [0.717, 1.165) is 122 Å². The minimum absolute atomic E-state index is 0.228. The molecular weight excluding hydrogens is 616 g/mol. The van der Waals surface area contributed by atoms with Gasteiger partial charge >= 0.3 is 5.97 Å². The summed E-state index contributed by atoms with van der Waals surface area (Å²) in [5, 5.41) is 0. The quantitative estimate of drug-likeness (QED) is 0.0413. The van der Waals surface area contributed by atoms with Crippen LogP contribution in [0.15, 0.2) is 6.08 Å². The van der Waals surface area contributed by atoms with Gasteiger partial charge in [-0.3, -0.25) is 0 Å². The van der Waals surface area contributed by atoms with Crippen molar-refractivity contribution in [3.8, 4) is 28.7 Å². The molecule has 0 saturated heterocycles. The SMILES string of the molecule is CCCCCCOc1c(C=CC(=O)OC(C)C)c(OCCCCCC)c(OCCCCCC)c(OCCCCCC)c1OCCCCCC. The Morgan fingerprint density at radius 3 is 1.02 bits per heavy atom. The fraction of sp³-hybridized carbons (Fsp3) is 0.786. The lowest BCUT2D eigenvalue weighted by Crippen LogP contribution is -2.12. The Balaban J connectivity index is 3.90. The lowest BCUT2D eigenvalue weighted by molar-refractivity contribution is -0.141. The van der Waals surface area contributed by atoms with Gasteiger partial charge < -0.3 is 28.4 Å². The van der Waals surface area contributed by atoms with Crippen LogP contribution in [0.1, 0.15) is 182 Å². The molecule has 0 amide bonds. The maximum absolute atomic E-state index is 12.8. The Bertz CT molecular complexity index is 935. The van der Waals surface area contributed by atoms with Crippen molar-refractivity contribution in [3.05, 3.63) is 11.6 Å². The summed E-state index contributed by atoms with van der Waals surface area (Å²) in [6.07, 6.45) is 24.6. The van der Waals surface area contributed by atoms with Gasteiger partial charge in [-0.15, -0.1) is 0 Å². The molecular formula is C42H74O7. The summed E-state index contributed by atoms with van der Waals surface area (Å²) >= 11 is 0. The van der Waals surface area contributed by atoms with E-state index in [0.29, 0.717) is 67.3 Å². The minimum atomic E-state index is -0.418. The van der Waals surface area contributed by atoms with Crippen molar-refractivity contribution in [1.29, 1.82) is 0 Å². The van der Waals surface area contributed by atoms with Crippen LogP contribution in [0.3, 0.4) is 0 Å². The molecule has 0 N–H and O–H groups in total. The molecule has 0 aliphatic heterocycles. The topological polar surface area (TPSA) is 72.5 Å². The molecule has 1 rings (SSSR count). The zero-order valence-electron chi connectivity index (χ0n) is 32.8. The zero-order chi connectivity index (χ0) is 36.0. The summed E-state index contributed by atoms with van der Waals surface area (Å²) in [6.45, 7) is 17.4. The molecule has 0 fully saturated rings. The molecule has 7 nitrogen and oxygen atoms in total. The van der Waals surface area contributed by atoms with Crippen molar-refractivity contribution < 1.29 is 33.2 Å². The largest absolute Gasteiger partial charge is 0.489 e. The molecule has 0 heterocycles. The number of esters is 1. The van der Waals surface area contributed by atoms with Crippen molar-refractivity contribution in [1.82, 2.24) is 0 Å². The summed E-state index contributed by atoms with van der Waals surface area (Å²) in [4.78, 5) is 12.8. The number of hydrogen-bond donors (Lipinski definition) is 0. The molecule has 49 heavy (non-hydrogen) atoms. The Labute approximate surface area is 301 Å². The summed E-state index contributed by atoms with van der Waals surface area (Å²) in [5.74, 6) is 2.31. The predicted octanol–water partition coefficient (Wildman–Crippen LogP) is 12.4. The van der Waals surface area contributed by atoms with E-state index in [1.54, 1.807) is 6.08 Å². The van der Waals surface area contributed by atoms with Gasteiger partial charge in [-0.1, -0.05) is 131 Å². The number of benzene rings is 1. The average molecular weight is 691 g/mol. The van der Waals surface area contributed by atoms with Gasteiger partial charge in [0, 0.05) is 6.08 Å². The van der Waals surface area contributed by atoms with E-state index in [9.17, 15) is 4.79 Å². The van der Waals surface area contributed by atoms with Crippen molar-refractivity contribution >= 4 is 12.0 Å². The normalized spacial score (nSPS) is 11.3. The van der Waals surface area contributed by atoms with E-state index in [-0.39, 0.29) is 6.10 Å². The molecule has 0 atom stereocenters. The van der Waals surface area contributed by atoms with Gasteiger partial charge in [0.2, 0.25) is 17.2 Å². The lowest BCUT2D eigenvalue weighted by atomic mass is 10.1. The summed E-state index contributed by atoms with van der Waals surface area (Å²) in [6, 6.07) is 0. The van der Waals surface area contributed by atoms with Crippen LogP contribution in [0.25, 0.3) is 6.08 Å². The third-order valence-electron chi connectivity index (χ3n) is 8.27. The molecule has 1 aromatic rings. The molecule has 0 unspecified atom stereocenters. The Morgan fingerprint density at radius 1 is 0.449 bits per heavy atom. The Hall–Kier alpha value is -2.57. The van der Waals surface area contributed by atoms with E-state index in [2.05, 4.69) is 34.6 Å². The van der Waals surface area contributed by atoms with Gasteiger partial charge in [0.1, 0.15) is 0 Å². The van der Waals surface area contributed by atoms with Gasteiger partial charge in [-0.2, -0.15) is 0 Å². The van der Waals surface area contributed by atoms with Crippen LogP contribution in [0.4, 0.5) is 0 Å². The first-order chi connectivity index (χ1) is 23.9. The molecule has 0 aromatic heterocycles. The van der Waals surface area contributed by atoms with Gasteiger partial charge in [0.15, 0.2) is 11.5 Å². The highest BCUT2D eigenvalue weighted by atomic mass is 16.6. The third kappa shape index (κ3) is 20.0. The molecule has 284 valence electrons. The van der Waals surface area contributed by atoms with Gasteiger partial charge in [0.25, 0.3) is 0 Å². The Kier molecular flexibility index (Phi) is 27.5. The van der Waals surface area contributed by atoms with Crippen molar-refractivity contribution in [2.75, 3.05) is 33.0 Å². The number of rotatable bonds is 33. The molecule has 0 aliphatic carbocycles. The maximum atomic E-state index is 12.8. The van der Waals surface area contributed by atoms with Crippen LogP contribution < -0.4 is 23.7 Å². The van der Waals surface area contributed by atoms with E-state index < -0.39 is 5.97 Å². The molecule has 1 aromatic carbocycles. The molecule has 0 radical (unpaired) electrons. The monoisotopic (exact) mass is 691 g/mol. The first kappa shape index (κ1) is 44.5. The maximum Gasteiger partial charge on any atom is 0.331 e. The van der Waals surface area contributed by atoms with Gasteiger partial charge in [-0.05, 0) is 52.0 Å². The lowest BCUT2D eigenvalue weighted by Gasteiger charge is -2.25. The van der Waals surface area contributed by atoms with Crippen LogP contribution in [0, 0.1) is 0 Å². The van der Waals surface area contributed by atoms with E-state index >= 15 is 0 Å². The molecule has 0 bridgehead atoms. The van der Waals surface area contributed by atoms with E-state index in [4.69, 9.17) is 28.4 Å². The van der Waals surface area contributed by atoms with Crippen LogP contribution >= 0.6 is 0 Å². The predicted molar refractivity (Wildman–Crippen MR) is 205 cm³/mol. The highest BCUT2D eigenvalue weighted by Crippen LogP contribution is 2.55. The average Bonchev–Trinajstić information content (AvgIpc) is 3.08. The van der Waals surface area contributed by atoms with E-state index in [1.165, 1.54) is 12.5 Å². The molecule has 0 saturated carbocycles. The van der Waals surface area contributed by atoms with Crippen molar-refractivity contribution in [2.24, 2.45) is 0 Å². The second kappa shape index (κ2) is 30.3. The molecule has 0 aliphatic rings. The van der Waals surface area contributed by atoms with Crippen molar-refractivity contribution in [2.45, 2.75) is 183 Å². The Morgan fingerprint density at radius 2 is 0.735 bits per heavy atom. The van der Waals surface area contributed by atoms with Crippen molar-refractivity contribution in [3.63, 3.8) is 0 Å². The zero-order valence-corrected chi connectivity index (χ0v) is 32.8.